The van der Waals surface area contributed by atoms with E-state index in [2.05, 4.69) is 4.74 Å². The summed E-state index contributed by atoms with van der Waals surface area (Å²) in [5, 5.41) is 0. The zero-order chi connectivity index (χ0) is 14.5. The van der Waals surface area contributed by atoms with Crippen molar-refractivity contribution in [1.82, 2.24) is 0 Å². The Morgan fingerprint density at radius 1 is 1.37 bits per heavy atom. The van der Waals surface area contributed by atoms with Gasteiger partial charge < -0.3 is 14.5 Å². The smallest absolute Gasteiger partial charge is 0.333 e. The molecule has 0 aromatic heterocycles. The van der Waals surface area contributed by atoms with Crippen LogP contribution in [-0.4, -0.2) is 29.0 Å². The molecule has 2 N–H and O–H groups in total. The highest BCUT2D eigenvalue weighted by Gasteiger charge is 2.17. The van der Waals surface area contributed by atoms with E-state index >= 15 is 0 Å². The number of halogens is 1. The third-order valence-corrected chi connectivity index (χ3v) is 3.14. The molecule has 7 heteroatoms. The van der Waals surface area contributed by atoms with E-state index in [0.29, 0.717) is 5.56 Å². The summed E-state index contributed by atoms with van der Waals surface area (Å²) in [6.07, 6.45) is 0.852. The van der Waals surface area contributed by atoms with Gasteiger partial charge in [0.05, 0.1) is 13.3 Å². The number of ether oxygens (including phenoxy) is 1. The quantitative estimate of drug-likeness (QED) is 0.491. The van der Waals surface area contributed by atoms with Gasteiger partial charge in [-0.15, -0.1) is 0 Å². The lowest BCUT2D eigenvalue weighted by Gasteiger charge is -2.07. The van der Waals surface area contributed by atoms with Crippen LogP contribution in [0.2, 0.25) is 0 Å². The molecule has 1 rings (SSSR count). The van der Waals surface area contributed by atoms with Crippen molar-refractivity contribution in [2.45, 2.75) is 6.42 Å². The van der Waals surface area contributed by atoms with E-state index in [1.54, 1.807) is 0 Å². The van der Waals surface area contributed by atoms with Crippen LogP contribution in [0.25, 0.3) is 6.08 Å². The van der Waals surface area contributed by atoms with Gasteiger partial charge in [-0.25, -0.2) is 9.18 Å². The molecule has 0 aliphatic carbocycles. The first-order chi connectivity index (χ1) is 8.81. The lowest BCUT2D eigenvalue weighted by Crippen LogP contribution is -2.06. The number of hydrogen-bond acceptors (Lipinski definition) is 3. The number of hydrogen-bond donors (Lipinski definition) is 2. The Bertz CT molecular complexity index is 517. The number of carbonyl (C=O) groups excluding carboxylic acids is 1. The molecule has 0 atom stereocenters. The van der Waals surface area contributed by atoms with Crippen LogP contribution >= 0.6 is 7.60 Å². The highest BCUT2D eigenvalue weighted by Crippen LogP contribution is 2.36. The molecule has 0 radical (unpaired) electrons. The topological polar surface area (TPSA) is 83.8 Å². The molecule has 104 valence electrons. The van der Waals surface area contributed by atoms with E-state index in [1.165, 1.54) is 37.5 Å². The molecule has 0 saturated heterocycles. The van der Waals surface area contributed by atoms with Crippen LogP contribution in [0.3, 0.4) is 0 Å². The van der Waals surface area contributed by atoms with Gasteiger partial charge in [-0.3, -0.25) is 4.57 Å². The van der Waals surface area contributed by atoms with Crippen LogP contribution in [0.4, 0.5) is 4.39 Å². The van der Waals surface area contributed by atoms with Crippen LogP contribution in [0.1, 0.15) is 12.0 Å². The van der Waals surface area contributed by atoms with Crippen LogP contribution in [-0.2, 0) is 14.1 Å². The maximum atomic E-state index is 12.7. The highest BCUT2D eigenvalue weighted by atomic mass is 31.2. The summed E-state index contributed by atoms with van der Waals surface area (Å²) in [7, 11) is -3.01. The summed E-state index contributed by atoms with van der Waals surface area (Å²) in [5.41, 5.74) is 0.671. The van der Waals surface area contributed by atoms with Gasteiger partial charge in [-0.2, -0.15) is 0 Å². The van der Waals surface area contributed by atoms with Gasteiger partial charge in [0.1, 0.15) is 5.82 Å². The van der Waals surface area contributed by atoms with Gasteiger partial charge in [-0.05, 0) is 30.2 Å². The molecular formula is C12H14FO5P. The Hall–Kier alpha value is -1.49. The largest absolute Gasteiger partial charge is 0.466 e. The van der Waals surface area contributed by atoms with Gasteiger partial charge in [0.25, 0.3) is 0 Å². The maximum absolute atomic E-state index is 12.7. The van der Waals surface area contributed by atoms with Gasteiger partial charge in [0.2, 0.25) is 0 Å². The number of rotatable bonds is 5. The highest BCUT2D eigenvalue weighted by molar-refractivity contribution is 7.51. The normalized spacial score (nSPS) is 12.3. The molecule has 0 heterocycles. The molecule has 5 nitrogen and oxygen atoms in total. The first kappa shape index (κ1) is 15.6. The third kappa shape index (κ3) is 5.79. The Kier molecular flexibility index (Phi) is 5.42. The average molecular weight is 288 g/mol. The van der Waals surface area contributed by atoms with E-state index in [-0.39, 0.29) is 12.0 Å². The minimum Gasteiger partial charge on any atom is -0.466 e. The first-order valence-corrected chi connectivity index (χ1v) is 7.20. The average Bonchev–Trinajstić information content (AvgIpc) is 2.34. The molecule has 0 spiro atoms. The van der Waals surface area contributed by atoms with E-state index in [0.717, 1.165) is 0 Å². The standard InChI is InChI=1S/C12H14FO5P/c1-18-12(14)10(6-7-19(15,16)17)8-9-2-4-11(13)5-3-9/h2-5,8H,6-7H2,1H3,(H2,15,16,17)/b10-8+. The molecule has 0 fully saturated rings. The molecule has 0 aliphatic rings. The van der Waals surface area contributed by atoms with Crippen molar-refractivity contribution in [2.75, 3.05) is 13.3 Å². The van der Waals surface area contributed by atoms with Gasteiger partial charge in [0, 0.05) is 5.57 Å². The van der Waals surface area contributed by atoms with Crippen molar-refractivity contribution in [3.05, 3.63) is 41.2 Å². The Morgan fingerprint density at radius 3 is 2.42 bits per heavy atom. The van der Waals surface area contributed by atoms with E-state index in [4.69, 9.17) is 9.79 Å². The van der Waals surface area contributed by atoms with Crippen LogP contribution in [0.15, 0.2) is 29.8 Å². The van der Waals surface area contributed by atoms with Gasteiger partial charge in [-0.1, -0.05) is 12.1 Å². The van der Waals surface area contributed by atoms with Gasteiger partial charge >= 0.3 is 13.6 Å². The van der Waals surface area contributed by atoms with Crippen molar-refractivity contribution in [2.24, 2.45) is 0 Å². The number of carbonyl (C=O) groups is 1. The monoisotopic (exact) mass is 288 g/mol. The van der Waals surface area contributed by atoms with E-state index in [9.17, 15) is 13.8 Å². The van der Waals surface area contributed by atoms with E-state index in [1.807, 2.05) is 0 Å². The lowest BCUT2D eigenvalue weighted by atomic mass is 10.1. The fourth-order valence-electron chi connectivity index (χ4n) is 1.39. The molecule has 0 amide bonds. The summed E-state index contributed by atoms with van der Waals surface area (Å²) in [6.45, 7) is 0. The first-order valence-electron chi connectivity index (χ1n) is 5.41. The molecule has 1 aromatic carbocycles. The predicted octanol–water partition coefficient (Wildman–Crippen LogP) is 1.95. The zero-order valence-corrected chi connectivity index (χ0v) is 11.1. The summed E-state index contributed by atoms with van der Waals surface area (Å²) >= 11 is 0. The fourth-order valence-corrected chi connectivity index (χ4v) is 1.92. The summed E-state index contributed by atoms with van der Waals surface area (Å²) in [5.74, 6) is -1.08. The van der Waals surface area contributed by atoms with Crippen LogP contribution < -0.4 is 0 Å². The summed E-state index contributed by atoms with van der Waals surface area (Å²) < 4.78 is 28.1. The molecule has 19 heavy (non-hydrogen) atoms. The minimum atomic E-state index is -4.19. The second-order valence-corrected chi connectivity index (χ2v) is 5.63. The lowest BCUT2D eigenvalue weighted by molar-refractivity contribution is -0.136. The second kappa shape index (κ2) is 6.61. The van der Waals surface area contributed by atoms with Crippen molar-refractivity contribution in [3.8, 4) is 0 Å². The molecule has 0 bridgehead atoms. The minimum absolute atomic E-state index is 0.117. The SMILES string of the molecule is COC(=O)/C(=C/c1ccc(F)cc1)CCP(=O)(O)O. The van der Waals surface area contributed by atoms with Crippen molar-refractivity contribution in [1.29, 1.82) is 0 Å². The summed E-state index contributed by atoms with van der Waals surface area (Å²) in [4.78, 5) is 29.1. The fraction of sp³-hybridized carbons (Fsp3) is 0.250. The van der Waals surface area contributed by atoms with E-state index < -0.39 is 25.5 Å². The van der Waals surface area contributed by atoms with Gasteiger partial charge in [0.15, 0.2) is 0 Å². The molecular weight excluding hydrogens is 274 g/mol. The molecule has 0 unspecified atom stereocenters. The van der Waals surface area contributed by atoms with Crippen molar-refractivity contribution < 1.29 is 28.3 Å². The number of methoxy groups -OCH3 is 1. The zero-order valence-electron chi connectivity index (χ0n) is 10.2. The Labute approximate surface area is 109 Å². The van der Waals surface area contributed by atoms with Crippen LogP contribution in [0.5, 0.6) is 0 Å². The second-order valence-electron chi connectivity index (χ2n) is 3.85. The summed E-state index contributed by atoms with van der Waals surface area (Å²) in [6, 6.07) is 5.36. The number of benzene rings is 1. The molecule has 1 aromatic rings. The van der Waals surface area contributed by atoms with Crippen molar-refractivity contribution in [3.63, 3.8) is 0 Å². The number of esters is 1. The molecule has 0 saturated carbocycles. The Morgan fingerprint density at radius 2 is 1.95 bits per heavy atom. The predicted molar refractivity (Wildman–Crippen MR) is 67.9 cm³/mol. The maximum Gasteiger partial charge on any atom is 0.333 e. The van der Waals surface area contributed by atoms with Crippen molar-refractivity contribution >= 4 is 19.6 Å². The van der Waals surface area contributed by atoms with Crippen LogP contribution in [0, 0.1) is 5.82 Å². The Balaban J connectivity index is 2.93. The molecule has 0 aliphatic heterocycles. The third-order valence-electron chi connectivity index (χ3n) is 2.33.